The van der Waals surface area contributed by atoms with Crippen LogP contribution in [0.2, 0.25) is 0 Å². The monoisotopic (exact) mass is 186 g/mol. The van der Waals surface area contributed by atoms with Crippen LogP contribution in [0.5, 0.6) is 0 Å². The van der Waals surface area contributed by atoms with E-state index in [9.17, 15) is 10.1 Å². The second-order valence-electron chi connectivity index (χ2n) is 2.68. The van der Waals surface area contributed by atoms with E-state index >= 15 is 0 Å². The van der Waals surface area contributed by atoms with Crippen LogP contribution in [-0.4, -0.2) is 11.0 Å². The summed E-state index contributed by atoms with van der Waals surface area (Å²) in [6, 6.07) is 3.33. The van der Waals surface area contributed by atoms with Gasteiger partial charge in [0.05, 0.1) is 4.92 Å². The van der Waals surface area contributed by atoms with Gasteiger partial charge in [0.15, 0.2) is 0 Å². The van der Waals surface area contributed by atoms with Crippen molar-refractivity contribution in [2.45, 2.75) is 19.4 Å². The van der Waals surface area contributed by atoms with E-state index in [4.69, 9.17) is 5.73 Å². The molecular formula is C7H10N2O2S. The molecule has 0 aliphatic carbocycles. The largest absolute Gasteiger partial charge is 0.328 e. The van der Waals surface area contributed by atoms with Crippen LogP contribution < -0.4 is 5.73 Å². The van der Waals surface area contributed by atoms with Gasteiger partial charge < -0.3 is 5.73 Å². The van der Waals surface area contributed by atoms with Gasteiger partial charge in [-0.25, -0.2) is 0 Å². The Hall–Kier alpha value is -0.940. The average molecular weight is 186 g/mol. The van der Waals surface area contributed by atoms with Crippen LogP contribution in [-0.2, 0) is 6.42 Å². The van der Waals surface area contributed by atoms with E-state index in [1.54, 1.807) is 6.07 Å². The minimum absolute atomic E-state index is 0.0586. The Morgan fingerprint density at radius 3 is 2.83 bits per heavy atom. The smallest absolute Gasteiger partial charge is 0.324 e. The molecule has 0 fully saturated rings. The van der Waals surface area contributed by atoms with Crippen molar-refractivity contribution in [2.24, 2.45) is 5.73 Å². The summed E-state index contributed by atoms with van der Waals surface area (Å²) in [7, 11) is 0. The molecule has 0 amide bonds. The zero-order valence-electron chi connectivity index (χ0n) is 6.69. The normalized spacial score (nSPS) is 12.8. The third-order valence-electron chi connectivity index (χ3n) is 1.35. The van der Waals surface area contributed by atoms with Crippen LogP contribution in [0.25, 0.3) is 0 Å². The Labute approximate surface area is 74.2 Å². The predicted molar refractivity (Wildman–Crippen MR) is 48.3 cm³/mol. The highest BCUT2D eigenvalue weighted by Crippen LogP contribution is 2.24. The van der Waals surface area contributed by atoms with E-state index in [0.29, 0.717) is 6.42 Å². The summed E-state index contributed by atoms with van der Waals surface area (Å²) in [4.78, 5) is 10.9. The highest BCUT2D eigenvalue weighted by molar-refractivity contribution is 7.15. The highest BCUT2D eigenvalue weighted by atomic mass is 32.1. The van der Waals surface area contributed by atoms with Gasteiger partial charge in [0.1, 0.15) is 0 Å². The molecular weight excluding hydrogens is 176 g/mol. The molecule has 0 aliphatic heterocycles. The van der Waals surface area contributed by atoms with Crippen molar-refractivity contribution in [3.05, 3.63) is 27.1 Å². The molecule has 66 valence electrons. The molecule has 1 aromatic heterocycles. The molecule has 0 bridgehead atoms. The first kappa shape index (κ1) is 9.15. The molecule has 12 heavy (non-hydrogen) atoms. The Morgan fingerprint density at radius 2 is 2.42 bits per heavy atom. The van der Waals surface area contributed by atoms with Crippen molar-refractivity contribution in [1.29, 1.82) is 0 Å². The number of hydrogen-bond donors (Lipinski definition) is 1. The number of nitrogens with zero attached hydrogens (tertiary/aromatic N) is 1. The van der Waals surface area contributed by atoms with Gasteiger partial charge in [-0.3, -0.25) is 10.1 Å². The van der Waals surface area contributed by atoms with Gasteiger partial charge in [0.25, 0.3) is 0 Å². The Balaban J connectivity index is 2.71. The lowest BCUT2D eigenvalue weighted by Crippen LogP contribution is -2.16. The van der Waals surface area contributed by atoms with E-state index in [1.807, 2.05) is 6.92 Å². The molecule has 1 rings (SSSR count). The molecule has 0 aliphatic rings. The molecule has 0 spiro atoms. The summed E-state index contributed by atoms with van der Waals surface area (Å²) in [5.74, 6) is 0. The lowest BCUT2D eigenvalue weighted by molar-refractivity contribution is -0.380. The van der Waals surface area contributed by atoms with Crippen LogP contribution in [0.15, 0.2) is 12.1 Å². The fraction of sp³-hybridized carbons (Fsp3) is 0.429. The molecule has 0 radical (unpaired) electrons. The van der Waals surface area contributed by atoms with Crippen LogP contribution in [0, 0.1) is 10.1 Å². The quantitative estimate of drug-likeness (QED) is 0.575. The molecule has 4 nitrogen and oxygen atoms in total. The third kappa shape index (κ3) is 2.28. The minimum Gasteiger partial charge on any atom is -0.328 e. The van der Waals surface area contributed by atoms with Crippen molar-refractivity contribution in [3.63, 3.8) is 0 Å². The van der Waals surface area contributed by atoms with E-state index in [1.165, 1.54) is 17.4 Å². The van der Waals surface area contributed by atoms with Gasteiger partial charge in [-0.15, -0.1) is 0 Å². The van der Waals surface area contributed by atoms with Crippen LogP contribution in [0.1, 0.15) is 11.8 Å². The van der Waals surface area contributed by atoms with Crippen LogP contribution in [0.4, 0.5) is 5.00 Å². The van der Waals surface area contributed by atoms with Gasteiger partial charge in [-0.05, 0) is 19.4 Å². The van der Waals surface area contributed by atoms with Gasteiger partial charge in [-0.2, -0.15) is 0 Å². The maximum atomic E-state index is 10.3. The summed E-state index contributed by atoms with van der Waals surface area (Å²) in [5, 5.41) is 10.5. The number of nitrogens with two attached hydrogens (primary N) is 1. The van der Waals surface area contributed by atoms with Gasteiger partial charge in [-0.1, -0.05) is 11.3 Å². The maximum absolute atomic E-state index is 10.3. The van der Waals surface area contributed by atoms with E-state index in [0.717, 1.165) is 4.88 Å². The molecule has 1 aromatic rings. The molecule has 5 heteroatoms. The summed E-state index contributed by atoms with van der Waals surface area (Å²) in [6.07, 6.45) is 0.707. The fourth-order valence-electron chi connectivity index (χ4n) is 0.892. The van der Waals surface area contributed by atoms with Gasteiger partial charge >= 0.3 is 5.00 Å². The Kier molecular flexibility index (Phi) is 2.78. The summed E-state index contributed by atoms with van der Waals surface area (Å²) >= 11 is 1.19. The standard InChI is InChI=1S/C7H10N2O2S/c1-5(8)4-6-2-3-7(12-6)9(10)11/h2-3,5H,4,8H2,1H3/t5-/m0/s1. The summed E-state index contributed by atoms with van der Waals surface area (Å²) in [6.45, 7) is 1.88. The molecule has 2 N–H and O–H groups in total. The van der Waals surface area contributed by atoms with E-state index in [2.05, 4.69) is 0 Å². The fourth-order valence-corrected chi connectivity index (χ4v) is 1.85. The van der Waals surface area contributed by atoms with E-state index in [-0.39, 0.29) is 16.0 Å². The molecule has 0 unspecified atom stereocenters. The van der Waals surface area contributed by atoms with Crippen molar-refractivity contribution in [1.82, 2.24) is 0 Å². The second-order valence-corrected chi connectivity index (χ2v) is 3.83. The summed E-state index contributed by atoms with van der Waals surface area (Å²) in [5.41, 5.74) is 5.55. The maximum Gasteiger partial charge on any atom is 0.324 e. The van der Waals surface area contributed by atoms with Crippen LogP contribution in [0.3, 0.4) is 0 Å². The Morgan fingerprint density at radius 1 is 1.75 bits per heavy atom. The first-order valence-corrected chi connectivity index (χ1v) is 4.40. The molecule has 1 atom stereocenters. The lowest BCUT2D eigenvalue weighted by Gasteiger charge is -1.99. The lowest BCUT2D eigenvalue weighted by atomic mass is 10.2. The van der Waals surface area contributed by atoms with Crippen molar-refractivity contribution < 1.29 is 4.92 Å². The Bertz CT molecular complexity index is 283. The highest BCUT2D eigenvalue weighted by Gasteiger charge is 2.09. The topological polar surface area (TPSA) is 69.2 Å². The third-order valence-corrected chi connectivity index (χ3v) is 2.41. The average Bonchev–Trinajstić information content (AvgIpc) is 2.34. The zero-order valence-corrected chi connectivity index (χ0v) is 7.50. The number of thiophene rings is 1. The molecule has 0 aromatic carbocycles. The summed E-state index contributed by atoms with van der Waals surface area (Å²) < 4.78 is 0. The van der Waals surface area contributed by atoms with Gasteiger partial charge in [0, 0.05) is 17.0 Å². The first-order chi connectivity index (χ1) is 5.59. The first-order valence-electron chi connectivity index (χ1n) is 3.58. The second kappa shape index (κ2) is 3.64. The molecule has 0 saturated carbocycles. The van der Waals surface area contributed by atoms with Crippen LogP contribution >= 0.6 is 11.3 Å². The molecule has 0 saturated heterocycles. The van der Waals surface area contributed by atoms with Crippen molar-refractivity contribution in [3.8, 4) is 0 Å². The number of rotatable bonds is 3. The zero-order chi connectivity index (χ0) is 9.14. The predicted octanol–water partition coefficient (Wildman–Crippen LogP) is 1.55. The number of hydrogen-bond acceptors (Lipinski definition) is 4. The van der Waals surface area contributed by atoms with Crippen molar-refractivity contribution in [2.75, 3.05) is 0 Å². The van der Waals surface area contributed by atoms with E-state index < -0.39 is 0 Å². The van der Waals surface area contributed by atoms with Gasteiger partial charge in [0.2, 0.25) is 0 Å². The minimum atomic E-state index is -0.380. The van der Waals surface area contributed by atoms with Crippen molar-refractivity contribution >= 4 is 16.3 Å². The SMILES string of the molecule is C[C@H](N)Cc1ccc([N+](=O)[O-])s1. The molecule has 1 heterocycles. The number of nitro groups is 1.